The molecule has 1 aliphatic heterocycles. The van der Waals surface area contributed by atoms with E-state index in [4.69, 9.17) is 0 Å². The van der Waals surface area contributed by atoms with Gasteiger partial charge in [-0.2, -0.15) is 15.6 Å². The lowest BCUT2D eigenvalue weighted by atomic mass is 9.89. The first-order valence-electron chi connectivity index (χ1n) is 8.54. The van der Waals surface area contributed by atoms with Gasteiger partial charge >= 0.3 is 0 Å². The SMILES string of the molecule is CCS(=O)N1CC(CC#N)(n2cc(-c3c(C#N)cnc4[nH]ccc34)cn2)C1. The van der Waals surface area contributed by atoms with Crippen molar-refractivity contribution in [1.29, 1.82) is 10.5 Å². The molecule has 4 heterocycles. The Balaban J connectivity index is 1.74. The lowest BCUT2D eigenvalue weighted by molar-refractivity contribution is 0.0765. The van der Waals surface area contributed by atoms with Crippen molar-refractivity contribution in [3.63, 3.8) is 0 Å². The summed E-state index contributed by atoms with van der Waals surface area (Å²) < 4.78 is 15.7. The Bertz CT molecular complexity index is 1110. The van der Waals surface area contributed by atoms with Crippen LogP contribution in [0.3, 0.4) is 0 Å². The second-order valence-corrected chi connectivity index (χ2v) is 8.28. The van der Waals surface area contributed by atoms with E-state index in [-0.39, 0.29) is 6.42 Å². The third-order valence-electron chi connectivity index (χ3n) is 4.95. The number of fused-ring (bicyclic) bond motifs is 1. The summed E-state index contributed by atoms with van der Waals surface area (Å²) in [7, 11) is -1.03. The zero-order valence-corrected chi connectivity index (χ0v) is 15.5. The standard InChI is InChI=1S/C18H17N7OS/c1-2-27(26)24-11-18(12-24,4-5-19)25-10-14(9-23-25)16-13(7-20)8-22-17-15(16)3-6-21-17/h3,6,8-10H,2,4,11-12H2,1H3,(H,21,22). The van der Waals surface area contributed by atoms with Gasteiger partial charge in [0.1, 0.15) is 17.3 Å². The topological polar surface area (TPSA) is 114 Å². The second kappa shape index (κ2) is 6.62. The van der Waals surface area contributed by atoms with Crippen molar-refractivity contribution in [3.05, 3.63) is 36.4 Å². The van der Waals surface area contributed by atoms with E-state index in [9.17, 15) is 14.7 Å². The van der Waals surface area contributed by atoms with Gasteiger partial charge in [0.2, 0.25) is 0 Å². The molecule has 3 aromatic heterocycles. The molecule has 0 saturated carbocycles. The minimum absolute atomic E-state index is 0.284. The number of aromatic nitrogens is 4. The van der Waals surface area contributed by atoms with E-state index in [0.717, 1.165) is 16.5 Å². The van der Waals surface area contributed by atoms with Crippen LogP contribution in [-0.4, -0.2) is 47.1 Å². The van der Waals surface area contributed by atoms with Crippen molar-refractivity contribution in [2.75, 3.05) is 18.8 Å². The van der Waals surface area contributed by atoms with E-state index < -0.39 is 16.5 Å². The van der Waals surface area contributed by atoms with Crippen LogP contribution in [-0.2, 0) is 16.5 Å². The van der Waals surface area contributed by atoms with Gasteiger partial charge in [-0.05, 0) is 6.07 Å². The number of H-pyrrole nitrogens is 1. The molecule has 1 saturated heterocycles. The average molecular weight is 379 g/mol. The summed E-state index contributed by atoms with van der Waals surface area (Å²) in [6, 6.07) is 6.31. The lowest BCUT2D eigenvalue weighted by Crippen LogP contribution is -2.63. The maximum absolute atomic E-state index is 12.0. The zero-order chi connectivity index (χ0) is 19.0. The molecule has 0 amide bonds. The van der Waals surface area contributed by atoms with E-state index in [1.165, 1.54) is 0 Å². The van der Waals surface area contributed by atoms with Crippen LogP contribution < -0.4 is 0 Å². The molecule has 0 aromatic carbocycles. The minimum Gasteiger partial charge on any atom is -0.346 e. The first-order valence-corrected chi connectivity index (χ1v) is 9.81. The molecule has 4 rings (SSSR count). The van der Waals surface area contributed by atoms with Gasteiger partial charge in [0, 0.05) is 53.9 Å². The van der Waals surface area contributed by atoms with Crippen molar-refractivity contribution in [1.82, 2.24) is 24.1 Å². The van der Waals surface area contributed by atoms with E-state index >= 15 is 0 Å². The Morgan fingerprint density at radius 1 is 1.37 bits per heavy atom. The van der Waals surface area contributed by atoms with Gasteiger partial charge < -0.3 is 4.98 Å². The van der Waals surface area contributed by atoms with Gasteiger partial charge in [0.15, 0.2) is 0 Å². The second-order valence-electron chi connectivity index (χ2n) is 6.54. The highest BCUT2D eigenvalue weighted by Crippen LogP contribution is 2.36. The van der Waals surface area contributed by atoms with Crippen LogP contribution in [0.15, 0.2) is 30.9 Å². The molecule has 0 bridgehead atoms. The van der Waals surface area contributed by atoms with Crippen molar-refractivity contribution < 1.29 is 4.21 Å². The van der Waals surface area contributed by atoms with Crippen LogP contribution in [0, 0.1) is 22.7 Å². The zero-order valence-electron chi connectivity index (χ0n) is 14.7. The van der Waals surface area contributed by atoms with E-state index in [0.29, 0.717) is 30.1 Å². The summed E-state index contributed by atoms with van der Waals surface area (Å²) >= 11 is 0. The van der Waals surface area contributed by atoms with Crippen LogP contribution >= 0.6 is 0 Å². The molecule has 3 aromatic rings. The first kappa shape index (κ1) is 17.4. The molecule has 9 heteroatoms. The molecular weight excluding hydrogens is 362 g/mol. The largest absolute Gasteiger partial charge is 0.346 e. The van der Waals surface area contributed by atoms with Gasteiger partial charge in [-0.3, -0.25) is 4.68 Å². The third kappa shape index (κ3) is 2.72. The smallest absolute Gasteiger partial charge is 0.137 e. The van der Waals surface area contributed by atoms with E-state index in [1.54, 1.807) is 23.3 Å². The van der Waals surface area contributed by atoms with Gasteiger partial charge in [-0.1, -0.05) is 6.92 Å². The maximum Gasteiger partial charge on any atom is 0.137 e. The molecule has 0 aliphatic carbocycles. The van der Waals surface area contributed by atoms with Gasteiger partial charge in [0.25, 0.3) is 0 Å². The monoisotopic (exact) mass is 379 g/mol. The Kier molecular flexibility index (Phi) is 4.27. The van der Waals surface area contributed by atoms with Gasteiger partial charge in [-0.25, -0.2) is 13.5 Å². The predicted molar refractivity (Wildman–Crippen MR) is 100 cm³/mol. The number of nitriles is 2. The van der Waals surface area contributed by atoms with Crippen LogP contribution in [0.4, 0.5) is 0 Å². The Morgan fingerprint density at radius 2 is 2.19 bits per heavy atom. The van der Waals surface area contributed by atoms with Crippen LogP contribution in [0.2, 0.25) is 0 Å². The Labute approximate surface area is 158 Å². The molecule has 1 atom stereocenters. The average Bonchev–Trinajstić information content (AvgIpc) is 3.32. The highest BCUT2D eigenvalue weighted by atomic mass is 32.2. The van der Waals surface area contributed by atoms with E-state index in [1.807, 2.05) is 23.5 Å². The fourth-order valence-corrected chi connectivity index (χ4v) is 4.67. The van der Waals surface area contributed by atoms with Crippen molar-refractivity contribution in [2.45, 2.75) is 18.9 Å². The lowest BCUT2D eigenvalue weighted by Gasteiger charge is -2.47. The van der Waals surface area contributed by atoms with Crippen molar-refractivity contribution >= 4 is 22.0 Å². The summed E-state index contributed by atoms with van der Waals surface area (Å²) in [5.41, 5.74) is 2.26. The van der Waals surface area contributed by atoms with Crippen molar-refractivity contribution in [2.24, 2.45) is 0 Å². The molecule has 0 spiro atoms. The number of nitrogens with zero attached hydrogens (tertiary/aromatic N) is 6. The number of nitrogens with one attached hydrogen (secondary N) is 1. The summed E-state index contributed by atoms with van der Waals surface area (Å²) in [6.45, 7) is 2.91. The number of hydrogen-bond acceptors (Lipinski definition) is 5. The van der Waals surface area contributed by atoms with Crippen LogP contribution in [0.1, 0.15) is 18.9 Å². The maximum atomic E-state index is 12.0. The van der Waals surface area contributed by atoms with E-state index in [2.05, 4.69) is 27.2 Å². The minimum atomic E-state index is -1.03. The van der Waals surface area contributed by atoms with Gasteiger partial charge in [0.05, 0.1) is 35.2 Å². The molecule has 1 aliphatic rings. The quantitative estimate of drug-likeness (QED) is 0.727. The molecule has 1 N–H and O–H groups in total. The molecule has 136 valence electrons. The number of aromatic amines is 1. The van der Waals surface area contributed by atoms with Crippen LogP contribution in [0.5, 0.6) is 0 Å². The van der Waals surface area contributed by atoms with Crippen molar-refractivity contribution in [3.8, 4) is 23.3 Å². The highest BCUT2D eigenvalue weighted by molar-refractivity contribution is 7.82. The molecule has 27 heavy (non-hydrogen) atoms. The fourth-order valence-electron chi connectivity index (χ4n) is 3.54. The Morgan fingerprint density at radius 3 is 2.89 bits per heavy atom. The highest BCUT2D eigenvalue weighted by Gasteiger charge is 2.47. The predicted octanol–water partition coefficient (Wildman–Crippen LogP) is 1.91. The number of pyridine rings is 1. The third-order valence-corrected chi connectivity index (χ3v) is 6.28. The Hall–Kier alpha value is -3.01. The normalized spacial score (nSPS) is 17.1. The molecule has 1 fully saturated rings. The summed E-state index contributed by atoms with van der Waals surface area (Å²) in [6.07, 6.45) is 7.19. The number of rotatable bonds is 5. The molecule has 0 radical (unpaired) electrons. The molecule has 1 unspecified atom stereocenters. The van der Waals surface area contributed by atoms with Gasteiger partial charge in [-0.15, -0.1) is 0 Å². The summed E-state index contributed by atoms with van der Waals surface area (Å²) in [5, 5.41) is 24.1. The fraction of sp³-hybridized carbons (Fsp3) is 0.333. The molecule has 8 nitrogen and oxygen atoms in total. The first-order chi connectivity index (χ1) is 13.1. The summed E-state index contributed by atoms with van der Waals surface area (Å²) in [4.78, 5) is 7.31. The molecular formula is C18H17N7OS. The number of hydrogen-bond donors (Lipinski definition) is 1. The van der Waals surface area contributed by atoms with Crippen LogP contribution in [0.25, 0.3) is 22.2 Å². The summed E-state index contributed by atoms with van der Waals surface area (Å²) in [5.74, 6) is 0.557.